The topological polar surface area (TPSA) is 106 Å². The number of aromatic nitrogens is 2. The molecule has 0 aliphatic rings. The van der Waals surface area contributed by atoms with Crippen molar-refractivity contribution >= 4 is 11.7 Å². The molecule has 1 heterocycles. The summed E-state index contributed by atoms with van der Waals surface area (Å²) in [6.07, 6.45) is 0.779. The number of hydrogen-bond acceptors (Lipinski definition) is 4. The van der Waals surface area contributed by atoms with Crippen LogP contribution in [0.1, 0.15) is 30.0 Å². The van der Waals surface area contributed by atoms with E-state index in [9.17, 15) is 4.79 Å². The van der Waals surface area contributed by atoms with Crippen molar-refractivity contribution < 1.29 is 10.0 Å². The van der Waals surface area contributed by atoms with Gasteiger partial charge in [-0.05, 0) is 12.5 Å². The molecule has 0 aliphatic carbocycles. The number of nitrogens with two attached hydrogens (primary N) is 1. The molecule has 100 valence electrons. The molecule has 1 atom stereocenters. The minimum atomic E-state index is -0.224. The largest absolute Gasteiger partial charge is 0.409 e. The number of carbonyl (C=O) groups is 1. The minimum absolute atomic E-state index is 0.0922. The van der Waals surface area contributed by atoms with E-state index in [1.54, 1.807) is 24.7 Å². The van der Waals surface area contributed by atoms with Crippen LogP contribution in [0.4, 0.5) is 0 Å². The van der Waals surface area contributed by atoms with Crippen LogP contribution in [0.3, 0.4) is 0 Å². The van der Waals surface area contributed by atoms with Gasteiger partial charge in [0.25, 0.3) is 5.91 Å². The van der Waals surface area contributed by atoms with Gasteiger partial charge in [-0.25, -0.2) is 0 Å². The lowest BCUT2D eigenvalue weighted by molar-refractivity contribution is 0.0941. The van der Waals surface area contributed by atoms with E-state index in [0.29, 0.717) is 12.2 Å². The van der Waals surface area contributed by atoms with Gasteiger partial charge in [-0.1, -0.05) is 19.0 Å². The van der Waals surface area contributed by atoms with E-state index in [1.165, 1.54) is 0 Å². The van der Waals surface area contributed by atoms with Gasteiger partial charge in [0, 0.05) is 19.5 Å². The molecular formula is C11H19N5O2. The number of amidine groups is 1. The molecule has 7 nitrogen and oxygen atoms in total. The molecule has 1 rings (SSSR count). The fraction of sp³-hybridized carbons (Fsp3) is 0.545. The fourth-order valence-corrected chi connectivity index (χ4v) is 1.45. The van der Waals surface area contributed by atoms with Gasteiger partial charge < -0.3 is 16.3 Å². The molecule has 4 N–H and O–H groups in total. The van der Waals surface area contributed by atoms with Gasteiger partial charge in [0.2, 0.25) is 0 Å². The first-order valence-electron chi connectivity index (χ1n) is 5.78. The summed E-state index contributed by atoms with van der Waals surface area (Å²) < 4.78 is 1.54. The average Bonchev–Trinajstić information content (AvgIpc) is 2.75. The highest BCUT2D eigenvalue weighted by Gasteiger charge is 2.14. The Morgan fingerprint density at radius 2 is 2.39 bits per heavy atom. The summed E-state index contributed by atoms with van der Waals surface area (Å²) in [7, 11) is 1.72. The van der Waals surface area contributed by atoms with E-state index in [2.05, 4.69) is 15.6 Å². The standard InChI is InChI=1S/C11H19N5O2/c1-4-8-5-9(16(3)14-8)11(17)13-6-7(2)10(12)15-18/h5,7,18H,4,6H2,1-3H3,(H2,12,15)(H,13,17). The predicted molar refractivity (Wildman–Crippen MR) is 67.5 cm³/mol. The van der Waals surface area contributed by atoms with E-state index in [-0.39, 0.29) is 17.7 Å². The molecule has 1 aromatic rings. The molecule has 7 heteroatoms. The van der Waals surface area contributed by atoms with Crippen LogP contribution in [0, 0.1) is 5.92 Å². The van der Waals surface area contributed by atoms with E-state index < -0.39 is 0 Å². The van der Waals surface area contributed by atoms with Crippen LogP contribution >= 0.6 is 0 Å². The normalized spacial score (nSPS) is 13.4. The van der Waals surface area contributed by atoms with Gasteiger partial charge in [-0.15, -0.1) is 0 Å². The highest BCUT2D eigenvalue weighted by Crippen LogP contribution is 2.04. The smallest absolute Gasteiger partial charge is 0.269 e. The summed E-state index contributed by atoms with van der Waals surface area (Å²) in [5.74, 6) is -0.352. The molecule has 1 aromatic heterocycles. The number of rotatable bonds is 5. The molecule has 1 amide bonds. The van der Waals surface area contributed by atoms with Crippen LogP contribution in [-0.2, 0) is 13.5 Å². The Hall–Kier alpha value is -2.05. The van der Waals surface area contributed by atoms with Crippen molar-refractivity contribution in [2.75, 3.05) is 6.54 Å². The zero-order chi connectivity index (χ0) is 13.7. The molecule has 0 fully saturated rings. The third kappa shape index (κ3) is 3.22. The van der Waals surface area contributed by atoms with Crippen molar-refractivity contribution in [1.82, 2.24) is 15.1 Å². The van der Waals surface area contributed by atoms with Crippen LogP contribution in [0.25, 0.3) is 0 Å². The monoisotopic (exact) mass is 253 g/mol. The average molecular weight is 253 g/mol. The molecule has 0 aromatic carbocycles. The van der Waals surface area contributed by atoms with E-state index in [1.807, 2.05) is 6.92 Å². The summed E-state index contributed by atoms with van der Waals surface area (Å²) in [5.41, 5.74) is 6.79. The fourth-order valence-electron chi connectivity index (χ4n) is 1.45. The van der Waals surface area contributed by atoms with Gasteiger partial charge in [-0.3, -0.25) is 9.48 Å². The molecule has 0 spiro atoms. The SMILES string of the molecule is CCc1cc(C(=O)NCC(C)C(N)=NO)n(C)n1. The summed E-state index contributed by atoms with van der Waals surface area (Å²) >= 11 is 0. The maximum atomic E-state index is 11.9. The van der Waals surface area contributed by atoms with Crippen LogP contribution < -0.4 is 11.1 Å². The van der Waals surface area contributed by atoms with Gasteiger partial charge in [0.05, 0.1) is 5.69 Å². The second-order valence-corrected chi connectivity index (χ2v) is 4.13. The van der Waals surface area contributed by atoms with Crippen molar-refractivity contribution in [2.24, 2.45) is 23.9 Å². The van der Waals surface area contributed by atoms with Gasteiger partial charge >= 0.3 is 0 Å². The van der Waals surface area contributed by atoms with Crippen LogP contribution in [0.15, 0.2) is 11.2 Å². The van der Waals surface area contributed by atoms with Crippen molar-refractivity contribution in [3.8, 4) is 0 Å². The Labute approximate surface area is 106 Å². The molecule has 0 saturated heterocycles. The van der Waals surface area contributed by atoms with Gasteiger partial charge in [0.15, 0.2) is 0 Å². The highest BCUT2D eigenvalue weighted by molar-refractivity contribution is 5.93. The first-order chi connectivity index (χ1) is 8.49. The second kappa shape index (κ2) is 6.04. The summed E-state index contributed by atoms with van der Waals surface area (Å²) in [6, 6.07) is 1.75. The number of nitrogens with zero attached hydrogens (tertiary/aromatic N) is 3. The number of amides is 1. The highest BCUT2D eigenvalue weighted by atomic mass is 16.4. The maximum Gasteiger partial charge on any atom is 0.269 e. The van der Waals surface area contributed by atoms with E-state index >= 15 is 0 Å². The molecule has 18 heavy (non-hydrogen) atoms. The Kier molecular flexibility index (Phi) is 4.70. The van der Waals surface area contributed by atoms with Crippen LogP contribution in [-0.4, -0.2) is 33.3 Å². The summed E-state index contributed by atoms with van der Waals surface area (Å²) in [6.45, 7) is 4.04. The number of nitrogens with one attached hydrogen (secondary N) is 1. The Morgan fingerprint density at radius 3 is 2.89 bits per heavy atom. The Balaban J connectivity index is 2.63. The third-order valence-electron chi connectivity index (χ3n) is 2.71. The van der Waals surface area contributed by atoms with E-state index in [0.717, 1.165) is 12.1 Å². The molecule has 1 unspecified atom stereocenters. The first kappa shape index (κ1) is 14.0. The predicted octanol–water partition coefficient (Wildman–Crippen LogP) is 0.0948. The third-order valence-corrected chi connectivity index (χ3v) is 2.71. The second-order valence-electron chi connectivity index (χ2n) is 4.13. The first-order valence-corrected chi connectivity index (χ1v) is 5.78. The number of aryl methyl sites for hydroxylation is 2. The molecule has 0 radical (unpaired) electrons. The lowest BCUT2D eigenvalue weighted by Gasteiger charge is -2.10. The Bertz CT molecular complexity index is 452. The van der Waals surface area contributed by atoms with E-state index in [4.69, 9.17) is 10.9 Å². The molecule has 0 aliphatic heterocycles. The van der Waals surface area contributed by atoms with Crippen molar-refractivity contribution in [1.29, 1.82) is 0 Å². The molecular weight excluding hydrogens is 234 g/mol. The lowest BCUT2D eigenvalue weighted by Crippen LogP contribution is -2.35. The molecule has 0 saturated carbocycles. The zero-order valence-electron chi connectivity index (χ0n) is 10.8. The van der Waals surface area contributed by atoms with Gasteiger partial charge in [-0.2, -0.15) is 5.10 Å². The number of hydrogen-bond donors (Lipinski definition) is 3. The lowest BCUT2D eigenvalue weighted by atomic mass is 10.1. The van der Waals surface area contributed by atoms with Crippen molar-refractivity contribution in [2.45, 2.75) is 20.3 Å². The van der Waals surface area contributed by atoms with Crippen LogP contribution in [0.2, 0.25) is 0 Å². The van der Waals surface area contributed by atoms with Crippen molar-refractivity contribution in [3.05, 3.63) is 17.5 Å². The summed E-state index contributed by atoms with van der Waals surface area (Å²) in [4.78, 5) is 11.9. The minimum Gasteiger partial charge on any atom is -0.409 e. The van der Waals surface area contributed by atoms with Gasteiger partial charge in [0.1, 0.15) is 11.5 Å². The number of carbonyl (C=O) groups excluding carboxylic acids is 1. The summed E-state index contributed by atoms with van der Waals surface area (Å²) in [5, 5.41) is 18.3. The van der Waals surface area contributed by atoms with Crippen LogP contribution in [0.5, 0.6) is 0 Å². The quantitative estimate of drug-likeness (QED) is 0.299. The molecule has 0 bridgehead atoms. The van der Waals surface area contributed by atoms with Crippen molar-refractivity contribution in [3.63, 3.8) is 0 Å². The zero-order valence-corrected chi connectivity index (χ0v) is 10.8. The Morgan fingerprint density at radius 1 is 1.72 bits per heavy atom. The number of oxime groups is 1. The maximum absolute atomic E-state index is 11.9.